The van der Waals surface area contributed by atoms with E-state index in [4.69, 9.17) is 4.74 Å². The third kappa shape index (κ3) is 13.7. The summed E-state index contributed by atoms with van der Waals surface area (Å²) in [6, 6.07) is 0. The van der Waals surface area contributed by atoms with Gasteiger partial charge in [-0.1, -0.05) is 60.8 Å². The second-order valence-electron chi connectivity index (χ2n) is 7.54. The molecule has 0 aliphatic heterocycles. The minimum Gasteiger partial charge on any atom is -0.466 e. The lowest BCUT2D eigenvalue weighted by atomic mass is 9.84. The maximum atomic E-state index is 11.7. The number of rotatable bonds is 9. The van der Waals surface area contributed by atoms with Gasteiger partial charge in [0.2, 0.25) is 0 Å². The van der Waals surface area contributed by atoms with Crippen LogP contribution in [-0.2, 0) is 9.53 Å². The molecule has 1 unspecified atom stereocenters. The number of ether oxygens (including phenoxy) is 1. The summed E-state index contributed by atoms with van der Waals surface area (Å²) in [5.74, 6) is 1.16. The van der Waals surface area contributed by atoms with Crippen LogP contribution >= 0.6 is 0 Å². The molecule has 0 fully saturated rings. The van der Waals surface area contributed by atoms with E-state index in [1.807, 2.05) is 0 Å². The average molecular weight is 270 g/mol. The molecule has 19 heavy (non-hydrogen) atoms. The van der Waals surface area contributed by atoms with E-state index in [0.29, 0.717) is 18.9 Å². The Labute approximate surface area is 120 Å². The molecular formula is C17H34O2. The second kappa shape index (κ2) is 9.39. The van der Waals surface area contributed by atoms with E-state index in [0.717, 1.165) is 18.8 Å². The molecule has 0 aromatic rings. The molecule has 0 N–H and O–H groups in total. The SMILES string of the molecule is CC(C)CCCCCOC(=O)CC(C)CC(C)(C)C. The minimum atomic E-state index is -0.0272. The Morgan fingerprint density at radius 2 is 1.68 bits per heavy atom. The van der Waals surface area contributed by atoms with Crippen molar-refractivity contribution < 1.29 is 9.53 Å². The highest BCUT2D eigenvalue weighted by molar-refractivity contribution is 5.69. The zero-order valence-corrected chi connectivity index (χ0v) is 13.9. The van der Waals surface area contributed by atoms with Gasteiger partial charge in [-0.05, 0) is 30.1 Å². The Bertz CT molecular complexity index is 238. The van der Waals surface area contributed by atoms with Crippen LogP contribution in [0.15, 0.2) is 0 Å². The molecule has 0 saturated carbocycles. The molecule has 0 heterocycles. The molecule has 0 spiro atoms. The van der Waals surface area contributed by atoms with Gasteiger partial charge in [0.05, 0.1) is 6.61 Å². The van der Waals surface area contributed by atoms with Crippen LogP contribution in [0.4, 0.5) is 0 Å². The summed E-state index contributed by atoms with van der Waals surface area (Å²) < 4.78 is 5.30. The first-order chi connectivity index (χ1) is 8.70. The molecular weight excluding hydrogens is 236 g/mol. The van der Waals surface area contributed by atoms with Gasteiger partial charge in [0.1, 0.15) is 0 Å². The van der Waals surface area contributed by atoms with Crippen LogP contribution in [0.3, 0.4) is 0 Å². The fourth-order valence-electron chi connectivity index (χ4n) is 2.48. The zero-order chi connectivity index (χ0) is 14.9. The normalized spacial score (nSPS) is 13.6. The third-order valence-corrected chi connectivity index (χ3v) is 3.16. The van der Waals surface area contributed by atoms with Crippen LogP contribution in [0.25, 0.3) is 0 Å². The van der Waals surface area contributed by atoms with E-state index < -0.39 is 0 Å². The largest absolute Gasteiger partial charge is 0.466 e. The third-order valence-electron chi connectivity index (χ3n) is 3.16. The molecule has 0 rings (SSSR count). The number of carbonyl (C=O) groups excluding carboxylic acids is 1. The van der Waals surface area contributed by atoms with Gasteiger partial charge in [0, 0.05) is 6.42 Å². The van der Waals surface area contributed by atoms with Crippen molar-refractivity contribution in [3.05, 3.63) is 0 Å². The Morgan fingerprint density at radius 3 is 2.21 bits per heavy atom. The van der Waals surface area contributed by atoms with Gasteiger partial charge in [0.25, 0.3) is 0 Å². The summed E-state index contributed by atoms with van der Waals surface area (Å²) in [4.78, 5) is 11.7. The number of carbonyl (C=O) groups is 1. The number of hydrogen-bond acceptors (Lipinski definition) is 2. The van der Waals surface area contributed by atoms with Gasteiger partial charge in [-0.25, -0.2) is 0 Å². The first kappa shape index (κ1) is 18.5. The highest BCUT2D eigenvalue weighted by atomic mass is 16.5. The van der Waals surface area contributed by atoms with Gasteiger partial charge in [-0.15, -0.1) is 0 Å². The van der Waals surface area contributed by atoms with Gasteiger partial charge in [-0.2, -0.15) is 0 Å². The number of esters is 1. The molecule has 0 bridgehead atoms. The highest BCUT2D eigenvalue weighted by Crippen LogP contribution is 2.26. The Hall–Kier alpha value is -0.530. The Balaban J connectivity index is 3.54. The predicted octanol–water partition coefficient (Wildman–Crippen LogP) is 5.21. The van der Waals surface area contributed by atoms with Crippen LogP contribution in [0.2, 0.25) is 0 Å². The van der Waals surface area contributed by atoms with Gasteiger partial charge >= 0.3 is 5.97 Å². The van der Waals surface area contributed by atoms with Crippen LogP contribution in [0, 0.1) is 17.3 Å². The summed E-state index contributed by atoms with van der Waals surface area (Å²) in [6.07, 6.45) is 6.32. The summed E-state index contributed by atoms with van der Waals surface area (Å²) in [5, 5.41) is 0. The van der Waals surface area contributed by atoms with E-state index in [9.17, 15) is 4.79 Å². The highest BCUT2D eigenvalue weighted by Gasteiger charge is 2.18. The van der Waals surface area contributed by atoms with Gasteiger partial charge in [-0.3, -0.25) is 4.79 Å². The second-order valence-corrected chi connectivity index (χ2v) is 7.54. The molecule has 0 aliphatic carbocycles. The van der Waals surface area contributed by atoms with Crippen molar-refractivity contribution >= 4 is 5.97 Å². The van der Waals surface area contributed by atoms with Crippen LogP contribution in [-0.4, -0.2) is 12.6 Å². The van der Waals surface area contributed by atoms with Crippen LogP contribution in [0.5, 0.6) is 0 Å². The molecule has 114 valence electrons. The summed E-state index contributed by atoms with van der Waals surface area (Å²) in [5.41, 5.74) is 0.288. The molecule has 2 nitrogen and oxygen atoms in total. The molecule has 0 aliphatic rings. The number of hydrogen-bond donors (Lipinski definition) is 0. The number of unbranched alkanes of at least 4 members (excludes halogenated alkanes) is 2. The van der Waals surface area contributed by atoms with Crippen molar-refractivity contribution in [2.45, 2.75) is 80.1 Å². The lowest BCUT2D eigenvalue weighted by Gasteiger charge is -2.22. The van der Waals surface area contributed by atoms with E-state index >= 15 is 0 Å². The van der Waals surface area contributed by atoms with E-state index in [1.54, 1.807) is 0 Å². The maximum absolute atomic E-state index is 11.7. The Kier molecular flexibility index (Phi) is 9.12. The zero-order valence-electron chi connectivity index (χ0n) is 13.9. The fraction of sp³-hybridized carbons (Fsp3) is 0.941. The average Bonchev–Trinajstić information content (AvgIpc) is 2.19. The molecule has 2 heteroatoms. The van der Waals surface area contributed by atoms with Crippen molar-refractivity contribution in [2.75, 3.05) is 6.61 Å². The van der Waals surface area contributed by atoms with Gasteiger partial charge < -0.3 is 4.74 Å². The first-order valence-electron chi connectivity index (χ1n) is 7.86. The van der Waals surface area contributed by atoms with Crippen LogP contribution < -0.4 is 0 Å². The van der Waals surface area contributed by atoms with Crippen LogP contribution in [0.1, 0.15) is 80.1 Å². The van der Waals surface area contributed by atoms with E-state index in [-0.39, 0.29) is 11.4 Å². The van der Waals surface area contributed by atoms with Crippen molar-refractivity contribution in [1.29, 1.82) is 0 Å². The Morgan fingerprint density at radius 1 is 1.05 bits per heavy atom. The maximum Gasteiger partial charge on any atom is 0.306 e. The van der Waals surface area contributed by atoms with E-state index in [1.165, 1.54) is 19.3 Å². The molecule has 0 saturated heterocycles. The molecule has 0 aromatic carbocycles. The fourth-order valence-corrected chi connectivity index (χ4v) is 2.48. The first-order valence-corrected chi connectivity index (χ1v) is 7.86. The smallest absolute Gasteiger partial charge is 0.306 e. The van der Waals surface area contributed by atoms with Crippen molar-refractivity contribution in [2.24, 2.45) is 17.3 Å². The summed E-state index contributed by atoms with van der Waals surface area (Å²) >= 11 is 0. The molecule has 0 radical (unpaired) electrons. The lowest BCUT2D eigenvalue weighted by Crippen LogP contribution is -2.16. The topological polar surface area (TPSA) is 26.3 Å². The lowest BCUT2D eigenvalue weighted by molar-refractivity contribution is -0.144. The van der Waals surface area contributed by atoms with Crippen molar-refractivity contribution in [1.82, 2.24) is 0 Å². The van der Waals surface area contributed by atoms with E-state index in [2.05, 4.69) is 41.5 Å². The molecule has 1 atom stereocenters. The monoisotopic (exact) mass is 270 g/mol. The molecule has 0 amide bonds. The van der Waals surface area contributed by atoms with Gasteiger partial charge in [0.15, 0.2) is 0 Å². The quantitative estimate of drug-likeness (QED) is 0.425. The van der Waals surface area contributed by atoms with Crippen molar-refractivity contribution in [3.63, 3.8) is 0 Å². The summed E-state index contributed by atoms with van der Waals surface area (Å²) in [7, 11) is 0. The van der Waals surface area contributed by atoms with Crippen molar-refractivity contribution in [3.8, 4) is 0 Å². The summed E-state index contributed by atoms with van der Waals surface area (Å²) in [6.45, 7) is 13.9. The minimum absolute atomic E-state index is 0.0272. The predicted molar refractivity (Wildman–Crippen MR) is 82.1 cm³/mol. The standard InChI is InChI=1S/C17H34O2/c1-14(2)10-8-7-9-11-19-16(18)12-15(3)13-17(4,5)6/h14-15H,7-13H2,1-6H3. The molecule has 0 aromatic heterocycles.